The van der Waals surface area contributed by atoms with E-state index in [0.717, 1.165) is 42.3 Å². The highest BCUT2D eigenvalue weighted by Gasteiger charge is 2.27. The van der Waals surface area contributed by atoms with Gasteiger partial charge in [0.05, 0.1) is 21.7 Å². The number of hydrogen-bond donors (Lipinski definition) is 0. The van der Waals surface area contributed by atoms with Crippen LogP contribution in [0.5, 0.6) is 0 Å². The molecule has 0 radical (unpaired) electrons. The molecule has 8 heteroatoms. The second kappa shape index (κ2) is 7.49. The molecule has 1 aliphatic rings. The molecule has 3 heterocycles. The molecule has 0 atom stereocenters. The monoisotopic (exact) mass is 424 g/mol. The summed E-state index contributed by atoms with van der Waals surface area (Å²) in [7, 11) is 0. The predicted molar refractivity (Wildman–Crippen MR) is 111 cm³/mol. The topological polar surface area (TPSA) is 33.4 Å². The summed E-state index contributed by atoms with van der Waals surface area (Å²) in [6, 6.07) is 4.34. The molecule has 0 N–H and O–H groups in total. The quantitative estimate of drug-likeness (QED) is 0.392. The van der Waals surface area contributed by atoms with Crippen LogP contribution in [-0.2, 0) is 0 Å². The van der Waals surface area contributed by atoms with Crippen LogP contribution >= 0.6 is 35.0 Å². The third kappa shape index (κ3) is 3.39. The Morgan fingerprint density at radius 3 is 2.63 bits per heavy atom. The van der Waals surface area contributed by atoms with Crippen LogP contribution in [0.1, 0.15) is 19.8 Å². The number of benzene rings is 1. The second-order valence-corrected chi connectivity index (χ2v) is 8.46. The molecule has 4 nitrogen and oxygen atoms in total. The van der Waals surface area contributed by atoms with E-state index in [2.05, 4.69) is 21.9 Å². The van der Waals surface area contributed by atoms with Crippen molar-refractivity contribution in [2.75, 3.05) is 24.2 Å². The maximum Gasteiger partial charge on any atom is 0.172 e. The third-order valence-corrected chi connectivity index (χ3v) is 6.36. The lowest BCUT2D eigenvalue weighted by Crippen LogP contribution is -2.34. The molecule has 142 valence electrons. The Morgan fingerprint density at radius 2 is 1.96 bits per heavy atom. The highest BCUT2D eigenvalue weighted by atomic mass is 35.5. The van der Waals surface area contributed by atoms with E-state index in [1.807, 2.05) is 10.8 Å². The van der Waals surface area contributed by atoms with Gasteiger partial charge in [-0.25, -0.2) is 9.37 Å². The number of aromatic nitrogens is 3. The fourth-order valence-electron chi connectivity index (χ4n) is 3.51. The van der Waals surface area contributed by atoms with Crippen LogP contribution in [-0.4, -0.2) is 33.9 Å². The summed E-state index contributed by atoms with van der Waals surface area (Å²) in [6.07, 6.45) is 5.97. The van der Waals surface area contributed by atoms with E-state index in [4.69, 9.17) is 23.2 Å². The first-order chi connectivity index (χ1) is 13.0. The number of halogens is 3. The van der Waals surface area contributed by atoms with Crippen LogP contribution in [0.15, 0.2) is 29.3 Å². The van der Waals surface area contributed by atoms with E-state index >= 15 is 0 Å². The molecule has 0 unspecified atom stereocenters. The van der Waals surface area contributed by atoms with Gasteiger partial charge in [-0.15, -0.1) is 11.8 Å². The van der Waals surface area contributed by atoms with E-state index < -0.39 is 0 Å². The molecule has 27 heavy (non-hydrogen) atoms. The first-order valence-corrected chi connectivity index (χ1v) is 10.8. The Morgan fingerprint density at radius 1 is 1.22 bits per heavy atom. The zero-order chi connectivity index (χ0) is 19.1. The molecule has 1 saturated heterocycles. The summed E-state index contributed by atoms with van der Waals surface area (Å²) in [6.45, 7) is 4.07. The van der Waals surface area contributed by atoms with E-state index in [1.54, 1.807) is 24.0 Å². The lowest BCUT2D eigenvalue weighted by atomic mass is 9.98. The molecule has 4 rings (SSSR count). The van der Waals surface area contributed by atoms with Gasteiger partial charge in [0.25, 0.3) is 0 Å². The molecule has 0 bridgehead atoms. The first kappa shape index (κ1) is 18.8. The van der Waals surface area contributed by atoms with Gasteiger partial charge in [0.15, 0.2) is 5.65 Å². The van der Waals surface area contributed by atoms with Gasteiger partial charge < -0.3 is 4.90 Å². The normalized spacial score (nSPS) is 15.7. The number of thioether (sulfide) groups is 1. The molecule has 0 saturated carbocycles. The molecule has 1 aromatic carbocycles. The summed E-state index contributed by atoms with van der Waals surface area (Å²) in [5, 5.41) is 5.23. The van der Waals surface area contributed by atoms with Crippen molar-refractivity contribution in [2.24, 2.45) is 5.92 Å². The largest absolute Gasteiger partial charge is 0.356 e. The molecule has 1 aliphatic heterocycles. The number of piperidine rings is 1. The van der Waals surface area contributed by atoms with E-state index in [9.17, 15) is 4.39 Å². The van der Waals surface area contributed by atoms with Gasteiger partial charge in [-0.3, -0.25) is 0 Å². The van der Waals surface area contributed by atoms with Crippen LogP contribution in [0, 0.1) is 11.7 Å². The van der Waals surface area contributed by atoms with Crippen molar-refractivity contribution in [3.8, 4) is 11.1 Å². The van der Waals surface area contributed by atoms with Crippen LogP contribution < -0.4 is 4.90 Å². The van der Waals surface area contributed by atoms with Gasteiger partial charge in [0.2, 0.25) is 0 Å². The Labute approximate surface area is 171 Å². The van der Waals surface area contributed by atoms with E-state index in [-0.39, 0.29) is 5.82 Å². The summed E-state index contributed by atoms with van der Waals surface area (Å²) in [5.74, 6) is 1.17. The molecular formula is C19H19Cl2FN4S. The van der Waals surface area contributed by atoms with Crippen molar-refractivity contribution in [3.63, 3.8) is 0 Å². The lowest BCUT2D eigenvalue weighted by Gasteiger charge is -2.33. The zero-order valence-corrected chi connectivity index (χ0v) is 17.4. The van der Waals surface area contributed by atoms with Crippen molar-refractivity contribution in [1.82, 2.24) is 14.6 Å². The van der Waals surface area contributed by atoms with E-state index in [1.165, 1.54) is 12.1 Å². The Hall–Kier alpha value is -1.50. The van der Waals surface area contributed by atoms with Gasteiger partial charge in [-0.05, 0) is 43.2 Å². The van der Waals surface area contributed by atoms with Crippen molar-refractivity contribution in [2.45, 2.75) is 24.7 Å². The summed E-state index contributed by atoms with van der Waals surface area (Å²) < 4.78 is 15.4. The Bertz CT molecular complexity index is 999. The molecule has 0 spiro atoms. The fraction of sp³-hybridized carbons (Fsp3) is 0.368. The second-order valence-electron chi connectivity index (χ2n) is 6.84. The van der Waals surface area contributed by atoms with Crippen LogP contribution in [0.3, 0.4) is 0 Å². The zero-order valence-electron chi connectivity index (χ0n) is 15.0. The first-order valence-electron chi connectivity index (χ1n) is 8.81. The number of fused-ring (bicyclic) bond motifs is 1. The van der Waals surface area contributed by atoms with Gasteiger partial charge >= 0.3 is 0 Å². The fourth-order valence-corrected chi connectivity index (χ4v) is 4.51. The minimum Gasteiger partial charge on any atom is -0.356 e. The maximum atomic E-state index is 13.6. The highest BCUT2D eigenvalue weighted by molar-refractivity contribution is 7.98. The smallest absolute Gasteiger partial charge is 0.172 e. The maximum absolute atomic E-state index is 13.6. The Balaban J connectivity index is 1.99. The van der Waals surface area contributed by atoms with Crippen LogP contribution in [0.4, 0.5) is 10.2 Å². The standard InChI is InChI=1S/C19H19Cl2FN4S/c1-11-5-7-25(8-6-11)19-16(13-4-3-12(22)9-14(13)20)17(21)24-18-15(27-2)10-23-26(18)19/h3-4,9-11H,5-8H2,1-2H3. The Kier molecular flexibility index (Phi) is 5.23. The van der Waals surface area contributed by atoms with Gasteiger partial charge in [0.1, 0.15) is 16.8 Å². The molecular weight excluding hydrogens is 406 g/mol. The van der Waals surface area contributed by atoms with Crippen molar-refractivity contribution in [3.05, 3.63) is 40.4 Å². The van der Waals surface area contributed by atoms with Crippen LogP contribution in [0.2, 0.25) is 10.2 Å². The van der Waals surface area contributed by atoms with Gasteiger partial charge in [0, 0.05) is 18.7 Å². The molecule has 1 fully saturated rings. The minimum absolute atomic E-state index is 0.307. The molecule has 2 aromatic heterocycles. The predicted octanol–water partition coefficient (Wildman–Crippen LogP) is 5.80. The SMILES string of the molecule is CSc1cnn2c(N3CCC(C)CC3)c(-c3ccc(F)cc3Cl)c(Cl)nc12. The number of hydrogen-bond acceptors (Lipinski definition) is 4. The van der Waals surface area contributed by atoms with Crippen molar-refractivity contribution < 1.29 is 4.39 Å². The third-order valence-electron chi connectivity index (χ3n) is 5.05. The average Bonchev–Trinajstić information content (AvgIpc) is 3.04. The summed E-state index contributed by atoms with van der Waals surface area (Å²) in [5.41, 5.74) is 2.08. The average molecular weight is 425 g/mol. The van der Waals surface area contributed by atoms with Crippen molar-refractivity contribution >= 4 is 46.4 Å². The summed E-state index contributed by atoms with van der Waals surface area (Å²) >= 11 is 14.6. The summed E-state index contributed by atoms with van der Waals surface area (Å²) in [4.78, 5) is 7.83. The lowest BCUT2D eigenvalue weighted by molar-refractivity contribution is 0.435. The van der Waals surface area contributed by atoms with Crippen molar-refractivity contribution in [1.29, 1.82) is 0 Å². The molecule has 3 aromatic rings. The number of anilines is 1. The van der Waals surface area contributed by atoms with Crippen LogP contribution in [0.25, 0.3) is 16.8 Å². The number of nitrogens with zero attached hydrogens (tertiary/aromatic N) is 4. The van der Waals surface area contributed by atoms with E-state index in [0.29, 0.717) is 27.2 Å². The van der Waals surface area contributed by atoms with Gasteiger partial charge in [-0.1, -0.05) is 30.1 Å². The molecule has 0 amide bonds. The minimum atomic E-state index is -0.383. The number of rotatable bonds is 3. The van der Waals surface area contributed by atoms with Gasteiger partial charge in [-0.2, -0.15) is 9.61 Å². The molecule has 0 aliphatic carbocycles. The highest BCUT2D eigenvalue weighted by Crippen LogP contribution is 2.42.